The zero-order chi connectivity index (χ0) is 21.5. The van der Waals surface area contributed by atoms with Crippen LogP contribution in [0.1, 0.15) is 33.1 Å². The number of alkyl halides is 2. The van der Waals surface area contributed by atoms with Gasteiger partial charge in [-0.05, 0) is 13.0 Å². The molecule has 162 valence electrons. The van der Waals surface area contributed by atoms with E-state index in [1.54, 1.807) is 24.9 Å². The Labute approximate surface area is 171 Å². The van der Waals surface area contributed by atoms with E-state index < -0.39 is 30.8 Å². The Morgan fingerprint density at radius 1 is 1.27 bits per heavy atom. The maximum Gasteiger partial charge on any atom is 0.276 e. The van der Waals surface area contributed by atoms with Crippen LogP contribution in [0.15, 0.2) is 12.3 Å². The third kappa shape index (κ3) is 4.04. The van der Waals surface area contributed by atoms with Crippen LogP contribution in [0.5, 0.6) is 0 Å². The number of ether oxygens (including phenoxy) is 1. The molecule has 12 heteroatoms. The fraction of sp³-hybridized carbons (Fsp3) is 0.611. The fourth-order valence-electron chi connectivity index (χ4n) is 3.89. The number of hydrogen-bond acceptors (Lipinski definition) is 6. The lowest BCUT2D eigenvalue weighted by molar-refractivity contribution is 0.0116. The third-order valence-electron chi connectivity index (χ3n) is 5.31. The number of amides is 2. The molecule has 2 saturated heterocycles. The number of halogens is 2. The van der Waals surface area contributed by atoms with Gasteiger partial charge in [0.2, 0.25) is 0 Å². The maximum atomic E-state index is 14.2. The Kier molecular flexibility index (Phi) is 5.26. The molecular formula is C18H23F2N7O3. The second-order valence-electron chi connectivity index (χ2n) is 7.67. The normalized spacial score (nSPS) is 21.3. The van der Waals surface area contributed by atoms with Gasteiger partial charge in [-0.15, -0.1) is 5.10 Å². The summed E-state index contributed by atoms with van der Waals surface area (Å²) in [5.74, 6) is -3.79. The number of aryl methyl sites for hydroxylation is 2. The summed E-state index contributed by atoms with van der Waals surface area (Å²) in [7, 11) is 1.60. The largest absolute Gasteiger partial charge is 0.378 e. The summed E-state index contributed by atoms with van der Waals surface area (Å²) in [5.41, 5.74) is 1.02. The molecule has 2 fully saturated rings. The summed E-state index contributed by atoms with van der Waals surface area (Å²) < 4.78 is 36.3. The molecule has 0 spiro atoms. The number of carbonyl (C=O) groups excluding carboxylic acids is 2. The van der Waals surface area contributed by atoms with Crippen LogP contribution in [-0.2, 0) is 18.3 Å². The van der Waals surface area contributed by atoms with Gasteiger partial charge in [-0.3, -0.25) is 14.3 Å². The molecular weight excluding hydrogens is 400 g/mol. The van der Waals surface area contributed by atoms with Crippen LogP contribution in [0.4, 0.5) is 8.78 Å². The first-order valence-corrected chi connectivity index (χ1v) is 9.70. The molecule has 30 heavy (non-hydrogen) atoms. The average Bonchev–Trinajstić information content (AvgIpc) is 3.38. The highest BCUT2D eigenvalue weighted by Gasteiger charge is 2.47. The van der Waals surface area contributed by atoms with E-state index in [-0.39, 0.29) is 23.8 Å². The van der Waals surface area contributed by atoms with E-state index in [1.165, 1.54) is 15.6 Å². The van der Waals surface area contributed by atoms with E-state index in [0.29, 0.717) is 32.0 Å². The highest BCUT2D eigenvalue weighted by atomic mass is 19.3. The summed E-state index contributed by atoms with van der Waals surface area (Å²) >= 11 is 0. The molecule has 0 aliphatic carbocycles. The molecule has 0 bridgehead atoms. The summed E-state index contributed by atoms with van der Waals surface area (Å²) in [6.45, 7) is 2.93. The number of nitrogens with zero attached hydrogens (tertiary/aromatic N) is 7. The number of rotatable bonds is 4. The molecule has 2 aromatic rings. The molecule has 2 amide bonds. The molecule has 0 aromatic carbocycles. The van der Waals surface area contributed by atoms with Gasteiger partial charge in [-0.2, -0.15) is 5.10 Å². The topological polar surface area (TPSA) is 98.4 Å². The maximum absolute atomic E-state index is 14.2. The van der Waals surface area contributed by atoms with Gasteiger partial charge in [0, 0.05) is 26.6 Å². The van der Waals surface area contributed by atoms with Crippen LogP contribution in [0.25, 0.3) is 0 Å². The van der Waals surface area contributed by atoms with Crippen molar-refractivity contribution < 1.29 is 23.1 Å². The van der Waals surface area contributed by atoms with Crippen molar-refractivity contribution in [2.24, 2.45) is 7.05 Å². The van der Waals surface area contributed by atoms with E-state index in [4.69, 9.17) is 4.74 Å². The predicted octanol–water partition coefficient (Wildman–Crippen LogP) is 0.342. The Morgan fingerprint density at radius 2 is 2.00 bits per heavy atom. The lowest BCUT2D eigenvalue weighted by Gasteiger charge is -2.25. The van der Waals surface area contributed by atoms with Crippen LogP contribution in [0, 0.1) is 6.92 Å². The first-order chi connectivity index (χ1) is 14.2. The molecule has 0 radical (unpaired) electrons. The molecule has 10 nitrogen and oxygen atoms in total. The van der Waals surface area contributed by atoms with Crippen molar-refractivity contribution in [1.82, 2.24) is 34.6 Å². The summed E-state index contributed by atoms with van der Waals surface area (Å²) in [6.07, 6.45) is 0.952. The van der Waals surface area contributed by atoms with Crippen molar-refractivity contribution in [3.8, 4) is 0 Å². The third-order valence-corrected chi connectivity index (χ3v) is 5.31. The van der Waals surface area contributed by atoms with Gasteiger partial charge < -0.3 is 14.5 Å². The Bertz CT molecular complexity index is 951. The molecule has 2 aliphatic rings. The second kappa shape index (κ2) is 7.74. The molecule has 0 N–H and O–H groups in total. The number of aromatic nitrogens is 5. The SMILES string of the molecule is Cc1cc(C(=O)N2CC(F)(F)C[C@H]2Cn2cc(C(=O)N3CCOCC3)nn2)n(C)n1. The summed E-state index contributed by atoms with van der Waals surface area (Å²) in [4.78, 5) is 28.2. The van der Waals surface area contributed by atoms with Crippen LogP contribution in [0.2, 0.25) is 0 Å². The van der Waals surface area contributed by atoms with Crippen LogP contribution in [-0.4, -0.2) is 91.2 Å². The van der Waals surface area contributed by atoms with Gasteiger partial charge in [0.1, 0.15) is 5.69 Å². The second-order valence-corrected chi connectivity index (χ2v) is 7.67. The first kappa shape index (κ1) is 20.4. The summed E-state index contributed by atoms with van der Waals surface area (Å²) in [5, 5.41) is 11.9. The minimum atomic E-state index is -3.00. The van der Waals surface area contributed by atoms with Crippen molar-refractivity contribution in [3.63, 3.8) is 0 Å². The van der Waals surface area contributed by atoms with E-state index >= 15 is 0 Å². The predicted molar refractivity (Wildman–Crippen MR) is 99.1 cm³/mol. The first-order valence-electron chi connectivity index (χ1n) is 9.70. The van der Waals surface area contributed by atoms with Crippen LogP contribution >= 0.6 is 0 Å². The molecule has 2 aromatic heterocycles. The Morgan fingerprint density at radius 3 is 2.67 bits per heavy atom. The van der Waals surface area contributed by atoms with E-state index in [9.17, 15) is 18.4 Å². The number of likely N-dealkylation sites (tertiary alicyclic amines) is 1. The number of morpholine rings is 1. The molecule has 4 rings (SSSR count). The van der Waals surface area contributed by atoms with E-state index in [2.05, 4.69) is 15.4 Å². The van der Waals surface area contributed by atoms with Crippen molar-refractivity contribution in [3.05, 3.63) is 29.3 Å². The minimum Gasteiger partial charge on any atom is -0.378 e. The van der Waals surface area contributed by atoms with Gasteiger partial charge >= 0.3 is 0 Å². The zero-order valence-corrected chi connectivity index (χ0v) is 16.8. The minimum absolute atomic E-state index is 0.0154. The molecule has 2 aliphatic heterocycles. The van der Waals surface area contributed by atoms with Gasteiger partial charge in [0.25, 0.3) is 17.7 Å². The fourth-order valence-corrected chi connectivity index (χ4v) is 3.89. The van der Waals surface area contributed by atoms with Crippen molar-refractivity contribution in [2.45, 2.75) is 31.9 Å². The molecule has 0 unspecified atom stereocenters. The van der Waals surface area contributed by atoms with Crippen LogP contribution in [0.3, 0.4) is 0 Å². The smallest absolute Gasteiger partial charge is 0.276 e. The number of hydrogen-bond donors (Lipinski definition) is 0. The molecule has 4 heterocycles. The average molecular weight is 423 g/mol. The Hall–Kier alpha value is -2.89. The van der Waals surface area contributed by atoms with Crippen molar-refractivity contribution in [1.29, 1.82) is 0 Å². The van der Waals surface area contributed by atoms with E-state index in [0.717, 1.165) is 4.90 Å². The zero-order valence-electron chi connectivity index (χ0n) is 16.8. The lowest BCUT2D eigenvalue weighted by atomic mass is 10.2. The standard InChI is InChI=1S/C18H23F2N7O3/c1-12-7-15(24(2)22-12)17(29)27-11-18(19,20)8-13(27)9-26-10-14(21-23-26)16(28)25-3-5-30-6-4-25/h7,10,13H,3-6,8-9,11H2,1-2H3/t13-/m0/s1. The Balaban J connectivity index is 1.49. The molecule has 0 saturated carbocycles. The number of carbonyl (C=O) groups is 2. The van der Waals surface area contributed by atoms with Crippen molar-refractivity contribution in [2.75, 3.05) is 32.8 Å². The highest BCUT2D eigenvalue weighted by Crippen LogP contribution is 2.33. The van der Waals surface area contributed by atoms with Crippen molar-refractivity contribution >= 4 is 11.8 Å². The molecule has 1 atom stereocenters. The monoisotopic (exact) mass is 423 g/mol. The van der Waals surface area contributed by atoms with Gasteiger partial charge in [0.05, 0.1) is 44.2 Å². The quantitative estimate of drug-likeness (QED) is 0.704. The van der Waals surface area contributed by atoms with Crippen LogP contribution < -0.4 is 0 Å². The summed E-state index contributed by atoms with van der Waals surface area (Å²) in [6, 6.07) is 0.792. The van der Waals surface area contributed by atoms with Gasteiger partial charge in [-0.1, -0.05) is 5.21 Å². The highest BCUT2D eigenvalue weighted by molar-refractivity contribution is 5.93. The van der Waals surface area contributed by atoms with E-state index in [1.807, 2.05) is 0 Å². The lowest BCUT2D eigenvalue weighted by Crippen LogP contribution is -2.41. The van der Waals surface area contributed by atoms with Gasteiger partial charge in [0.15, 0.2) is 5.69 Å². The van der Waals surface area contributed by atoms with Gasteiger partial charge in [-0.25, -0.2) is 13.5 Å².